The second kappa shape index (κ2) is 7.13. The van der Waals surface area contributed by atoms with Gasteiger partial charge in [0.05, 0.1) is 23.3 Å². The lowest BCUT2D eigenvalue weighted by Crippen LogP contribution is -2.24. The van der Waals surface area contributed by atoms with Crippen LogP contribution < -0.4 is 5.32 Å². The van der Waals surface area contributed by atoms with Crippen LogP contribution in [0, 0.1) is 11.3 Å². The zero-order valence-electron chi connectivity index (χ0n) is 9.61. The maximum absolute atomic E-state index is 9.54. The molecule has 0 saturated carbocycles. The van der Waals surface area contributed by atoms with E-state index in [9.17, 15) is 5.11 Å². The van der Waals surface area contributed by atoms with Gasteiger partial charge in [-0.15, -0.1) is 0 Å². The molecule has 0 fully saturated rings. The molecule has 0 aliphatic rings. The third-order valence-corrected chi connectivity index (χ3v) is 2.46. The Bertz CT molecular complexity index is 404. The highest BCUT2D eigenvalue weighted by atomic mass is 35.5. The highest BCUT2D eigenvalue weighted by Crippen LogP contribution is 2.19. The Morgan fingerprint density at radius 1 is 1.59 bits per heavy atom. The number of benzene rings is 1. The number of hydrogen-bond acceptors (Lipinski definition) is 4. The smallest absolute Gasteiger partial charge is 0.101 e. The van der Waals surface area contributed by atoms with Crippen LogP contribution in [0.5, 0.6) is 0 Å². The number of aliphatic hydroxyl groups is 1. The van der Waals surface area contributed by atoms with E-state index in [1.807, 2.05) is 13.0 Å². The van der Waals surface area contributed by atoms with E-state index in [0.29, 0.717) is 30.3 Å². The van der Waals surface area contributed by atoms with E-state index in [1.54, 1.807) is 18.2 Å². The molecule has 1 aromatic carbocycles. The fraction of sp³-hybridized carbons (Fsp3) is 0.417. The van der Waals surface area contributed by atoms with Gasteiger partial charge in [-0.25, -0.2) is 0 Å². The highest BCUT2D eigenvalue weighted by Gasteiger charge is 2.05. The second-order valence-electron chi connectivity index (χ2n) is 3.50. The van der Waals surface area contributed by atoms with Crippen LogP contribution in [-0.2, 0) is 4.74 Å². The van der Waals surface area contributed by atoms with Crippen molar-refractivity contribution in [1.29, 1.82) is 5.26 Å². The Hall–Kier alpha value is -1.28. The molecule has 1 aromatic rings. The Kier molecular flexibility index (Phi) is 5.78. The van der Waals surface area contributed by atoms with Crippen molar-refractivity contribution in [3.8, 4) is 6.07 Å². The molecule has 0 aliphatic heterocycles. The zero-order chi connectivity index (χ0) is 12.7. The Labute approximate surface area is 106 Å². The molecular formula is C12H15ClN2O2. The summed E-state index contributed by atoms with van der Waals surface area (Å²) in [6.07, 6.45) is -0.565. The molecular weight excluding hydrogens is 240 g/mol. The molecule has 92 valence electrons. The van der Waals surface area contributed by atoms with Crippen molar-refractivity contribution in [3.05, 3.63) is 28.8 Å². The molecule has 0 radical (unpaired) electrons. The maximum atomic E-state index is 9.54. The van der Waals surface area contributed by atoms with Crippen LogP contribution in [0.15, 0.2) is 18.2 Å². The standard InChI is InChI=1S/C12H15ClN2O2/c1-2-17-8-11(16)7-15-10-4-3-9(6-14)12(13)5-10/h3-5,11,15-16H,2,7-8H2,1H3. The quantitative estimate of drug-likeness (QED) is 0.815. The van der Waals surface area contributed by atoms with Crippen LogP contribution >= 0.6 is 11.6 Å². The molecule has 17 heavy (non-hydrogen) atoms. The van der Waals surface area contributed by atoms with Gasteiger partial charge in [0.25, 0.3) is 0 Å². The Morgan fingerprint density at radius 3 is 2.94 bits per heavy atom. The summed E-state index contributed by atoms with van der Waals surface area (Å²) in [7, 11) is 0. The van der Waals surface area contributed by atoms with Gasteiger partial charge in [0, 0.05) is 18.8 Å². The number of nitrogens with zero attached hydrogens (tertiary/aromatic N) is 1. The van der Waals surface area contributed by atoms with Gasteiger partial charge in [0.2, 0.25) is 0 Å². The van der Waals surface area contributed by atoms with Crippen LogP contribution in [0.1, 0.15) is 12.5 Å². The minimum Gasteiger partial charge on any atom is -0.389 e. The van der Waals surface area contributed by atoms with Crippen LogP contribution in [0.4, 0.5) is 5.69 Å². The van der Waals surface area contributed by atoms with Crippen LogP contribution in [-0.4, -0.2) is 31.0 Å². The summed E-state index contributed by atoms with van der Waals surface area (Å²) in [6.45, 7) is 3.13. The fourth-order valence-electron chi connectivity index (χ4n) is 1.26. The van der Waals surface area contributed by atoms with Gasteiger partial charge >= 0.3 is 0 Å². The molecule has 0 aliphatic carbocycles. The summed E-state index contributed by atoms with van der Waals surface area (Å²) in [5.41, 5.74) is 1.21. The third kappa shape index (κ3) is 4.61. The lowest BCUT2D eigenvalue weighted by molar-refractivity contribution is 0.0496. The highest BCUT2D eigenvalue weighted by molar-refractivity contribution is 6.32. The van der Waals surface area contributed by atoms with Crippen molar-refractivity contribution in [1.82, 2.24) is 0 Å². The average Bonchev–Trinajstić information content (AvgIpc) is 2.34. The SMILES string of the molecule is CCOCC(O)CNc1ccc(C#N)c(Cl)c1. The van der Waals surface area contributed by atoms with Gasteiger partial charge < -0.3 is 15.2 Å². The molecule has 1 unspecified atom stereocenters. The average molecular weight is 255 g/mol. The predicted octanol–water partition coefficient (Wildman–Crippen LogP) is 2.02. The molecule has 0 aromatic heterocycles. The van der Waals surface area contributed by atoms with Crippen LogP contribution in [0.3, 0.4) is 0 Å². The summed E-state index contributed by atoms with van der Waals surface area (Å²) in [5.74, 6) is 0. The van der Waals surface area contributed by atoms with Crippen molar-refractivity contribution in [2.24, 2.45) is 0 Å². The van der Waals surface area contributed by atoms with Crippen molar-refractivity contribution in [3.63, 3.8) is 0 Å². The molecule has 0 saturated heterocycles. The number of ether oxygens (including phenoxy) is 1. The normalized spacial score (nSPS) is 11.9. The van der Waals surface area contributed by atoms with E-state index >= 15 is 0 Å². The molecule has 2 N–H and O–H groups in total. The summed E-state index contributed by atoms with van der Waals surface area (Å²) in [4.78, 5) is 0. The summed E-state index contributed by atoms with van der Waals surface area (Å²) >= 11 is 5.88. The summed E-state index contributed by atoms with van der Waals surface area (Å²) in [6, 6.07) is 7.03. The van der Waals surface area contributed by atoms with Crippen molar-refractivity contribution < 1.29 is 9.84 Å². The van der Waals surface area contributed by atoms with E-state index in [-0.39, 0.29) is 0 Å². The predicted molar refractivity (Wildman–Crippen MR) is 67.2 cm³/mol. The number of hydrogen-bond donors (Lipinski definition) is 2. The van der Waals surface area contributed by atoms with E-state index in [4.69, 9.17) is 21.6 Å². The van der Waals surface area contributed by atoms with Crippen LogP contribution in [0.25, 0.3) is 0 Å². The van der Waals surface area contributed by atoms with E-state index in [0.717, 1.165) is 5.69 Å². The molecule has 0 amide bonds. The van der Waals surface area contributed by atoms with Crippen molar-refractivity contribution in [2.75, 3.05) is 25.1 Å². The van der Waals surface area contributed by atoms with E-state index in [2.05, 4.69) is 5.32 Å². The Morgan fingerprint density at radius 2 is 2.35 bits per heavy atom. The number of halogens is 1. The zero-order valence-corrected chi connectivity index (χ0v) is 10.4. The van der Waals surface area contributed by atoms with Gasteiger partial charge in [0.15, 0.2) is 0 Å². The van der Waals surface area contributed by atoms with Crippen LogP contribution in [0.2, 0.25) is 5.02 Å². The molecule has 0 bridgehead atoms. The molecule has 0 heterocycles. The number of aliphatic hydroxyl groups excluding tert-OH is 1. The molecule has 5 heteroatoms. The summed E-state index contributed by atoms with van der Waals surface area (Å²) < 4.78 is 5.08. The number of anilines is 1. The third-order valence-electron chi connectivity index (χ3n) is 2.15. The minimum atomic E-state index is -0.565. The number of nitriles is 1. The van der Waals surface area contributed by atoms with Gasteiger partial charge in [-0.2, -0.15) is 5.26 Å². The molecule has 1 rings (SSSR count). The molecule has 1 atom stereocenters. The first kappa shape index (κ1) is 13.8. The largest absolute Gasteiger partial charge is 0.389 e. The topological polar surface area (TPSA) is 65.3 Å². The van der Waals surface area contributed by atoms with Crippen molar-refractivity contribution >= 4 is 17.3 Å². The maximum Gasteiger partial charge on any atom is 0.101 e. The molecule has 4 nitrogen and oxygen atoms in total. The van der Waals surface area contributed by atoms with Gasteiger partial charge in [0.1, 0.15) is 6.07 Å². The number of nitrogens with one attached hydrogen (secondary N) is 1. The lowest BCUT2D eigenvalue weighted by atomic mass is 10.2. The number of rotatable bonds is 6. The van der Waals surface area contributed by atoms with E-state index < -0.39 is 6.10 Å². The first-order chi connectivity index (χ1) is 8.17. The van der Waals surface area contributed by atoms with E-state index in [1.165, 1.54) is 0 Å². The van der Waals surface area contributed by atoms with Gasteiger partial charge in [-0.1, -0.05) is 11.6 Å². The monoisotopic (exact) mass is 254 g/mol. The Balaban J connectivity index is 2.47. The first-order valence-electron chi connectivity index (χ1n) is 5.36. The first-order valence-corrected chi connectivity index (χ1v) is 5.74. The minimum absolute atomic E-state index is 0.299. The second-order valence-corrected chi connectivity index (χ2v) is 3.91. The fourth-order valence-corrected chi connectivity index (χ4v) is 1.49. The van der Waals surface area contributed by atoms with Crippen molar-refractivity contribution in [2.45, 2.75) is 13.0 Å². The lowest BCUT2D eigenvalue weighted by Gasteiger charge is -2.12. The van der Waals surface area contributed by atoms with Gasteiger partial charge in [-0.05, 0) is 25.1 Å². The summed E-state index contributed by atoms with van der Waals surface area (Å²) in [5, 5.41) is 21.7. The molecule has 0 spiro atoms. The van der Waals surface area contributed by atoms with Gasteiger partial charge in [-0.3, -0.25) is 0 Å².